The van der Waals surface area contributed by atoms with Crippen LogP contribution in [0.25, 0.3) is 11.3 Å². The number of aromatic amines is 1. The lowest BCUT2D eigenvalue weighted by molar-refractivity contribution is -0.135. The van der Waals surface area contributed by atoms with Gasteiger partial charge in [-0.05, 0) is 55.5 Å². The predicted octanol–water partition coefficient (Wildman–Crippen LogP) is 2.76. The van der Waals surface area contributed by atoms with Crippen LogP contribution in [0.1, 0.15) is 34.8 Å². The van der Waals surface area contributed by atoms with Crippen molar-refractivity contribution in [1.29, 1.82) is 0 Å². The summed E-state index contributed by atoms with van der Waals surface area (Å²) in [4.78, 5) is 37.1. The largest absolute Gasteiger partial charge is 0.504 e. The number of piperidine rings is 1. The molecule has 3 aromatic rings. The number of benzene rings is 1. The van der Waals surface area contributed by atoms with Crippen LogP contribution in [0.2, 0.25) is 0 Å². The van der Waals surface area contributed by atoms with E-state index in [4.69, 9.17) is 5.11 Å². The Labute approximate surface area is 191 Å². The molecule has 2 aromatic heterocycles. The number of aromatic nitrogens is 3. The zero-order valence-corrected chi connectivity index (χ0v) is 18.4. The molecule has 0 atom stereocenters. The molecule has 9 heteroatoms. The SMILES string of the molecule is Cc1nc(CC2CCN(c3ccc(-c4ccc[nH]4)cc3)CC2)nc(C(=O)NCC(=O)O)c1O. The van der Waals surface area contributed by atoms with Gasteiger partial charge in [0.15, 0.2) is 11.4 Å². The number of aromatic hydroxyl groups is 1. The minimum Gasteiger partial charge on any atom is -0.504 e. The number of anilines is 1. The van der Waals surface area contributed by atoms with Crippen LogP contribution in [0.4, 0.5) is 5.69 Å². The fourth-order valence-corrected chi connectivity index (χ4v) is 4.13. The summed E-state index contributed by atoms with van der Waals surface area (Å²) >= 11 is 0. The minimum atomic E-state index is -1.17. The summed E-state index contributed by atoms with van der Waals surface area (Å²) in [5.74, 6) is -1.36. The monoisotopic (exact) mass is 449 g/mol. The van der Waals surface area contributed by atoms with Gasteiger partial charge in [-0.25, -0.2) is 9.97 Å². The molecule has 0 saturated carbocycles. The molecule has 0 radical (unpaired) electrons. The van der Waals surface area contributed by atoms with E-state index in [0.717, 1.165) is 37.2 Å². The van der Waals surface area contributed by atoms with E-state index in [1.54, 1.807) is 6.92 Å². The predicted molar refractivity (Wildman–Crippen MR) is 123 cm³/mol. The van der Waals surface area contributed by atoms with Gasteiger partial charge in [0.25, 0.3) is 5.91 Å². The highest BCUT2D eigenvalue weighted by Crippen LogP contribution is 2.28. The standard InChI is InChI=1S/C24H27N5O4/c1-15-23(32)22(24(33)26-14-21(30)31)28-20(27-15)13-16-8-11-29(12-9-16)18-6-4-17(5-7-18)19-3-2-10-25-19/h2-7,10,16,25,32H,8-9,11-14H2,1H3,(H,26,33)(H,30,31). The Kier molecular flexibility index (Phi) is 6.58. The average molecular weight is 450 g/mol. The van der Waals surface area contributed by atoms with Crippen LogP contribution in [0.3, 0.4) is 0 Å². The van der Waals surface area contributed by atoms with Crippen molar-refractivity contribution in [2.24, 2.45) is 5.92 Å². The van der Waals surface area contributed by atoms with E-state index in [0.29, 0.717) is 23.9 Å². The maximum Gasteiger partial charge on any atom is 0.322 e. The molecule has 172 valence electrons. The number of H-pyrrole nitrogens is 1. The number of hydrogen-bond acceptors (Lipinski definition) is 6. The first-order valence-electron chi connectivity index (χ1n) is 11.0. The van der Waals surface area contributed by atoms with E-state index in [2.05, 4.69) is 55.5 Å². The van der Waals surface area contributed by atoms with Crippen molar-refractivity contribution in [1.82, 2.24) is 20.3 Å². The molecule has 4 rings (SSSR count). The second-order valence-corrected chi connectivity index (χ2v) is 8.26. The van der Waals surface area contributed by atoms with E-state index in [-0.39, 0.29) is 11.4 Å². The molecular formula is C24H27N5O4. The van der Waals surface area contributed by atoms with Crippen LogP contribution in [0.5, 0.6) is 5.75 Å². The first kappa shape index (κ1) is 22.3. The highest BCUT2D eigenvalue weighted by Gasteiger charge is 2.23. The number of aryl methyl sites for hydroxylation is 1. The van der Waals surface area contributed by atoms with E-state index < -0.39 is 18.4 Å². The smallest absolute Gasteiger partial charge is 0.322 e. The van der Waals surface area contributed by atoms with Crippen molar-refractivity contribution in [3.63, 3.8) is 0 Å². The van der Waals surface area contributed by atoms with Crippen molar-refractivity contribution in [3.05, 3.63) is 59.8 Å². The number of carboxylic acid groups (broad SMARTS) is 1. The summed E-state index contributed by atoms with van der Waals surface area (Å²) < 4.78 is 0. The Hall–Kier alpha value is -3.88. The molecule has 0 bridgehead atoms. The molecular weight excluding hydrogens is 422 g/mol. The van der Waals surface area contributed by atoms with Gasteiger partial charge in [0, 0.05) is 37.1 Å². The number of hydrogen-bond donors (Lipinski definition) is 4. The van der Waals surface area contributed by atoms with Crippen molar-refractivity contribution in [3.8, 4) is 17.0 Å². The van der Waals surface area contributed by atoms with Gasteiger partial charge in [-0.15, -0.1) is 0 Å². The summed E-state index contributed by atoms with van der Waals surface area (Å²) in [5.41, 5.74) is 3.57. The van der Waals surface area contributed by atoms with E-state index in [1.807, 2.05) is 12.3 Å². The molecule has 0 unspecified atom stereocenters. The number of nitrogens with one attached hydrogen (secondary N) is 2. The maximum absolute atomic E-state index is 12.2. The number of carbonyl (C=O) groups excluding carboxylic acids is 1. The average Bonchev–Trinajstić information content (AvgIpc) is 3.35. The lowest BCUT2D eigenvalue weighted by Crippen LogP contribution is -2.34. The first-order valence-corrected chi connectivity index (χ1v) is 11.0. The molecule has 4 N–H and O–H groups in total. The van der Waals surface area contributed by atoms with Crippen LogP contribution in [0, 0.1) is 12.8 Å². The maximum atomic E-state index is 12.2. The highest BCUT2D eigenvalue weighted by molar-refractivity contribution is 5.96. The normalized spacial score (nSPS) is 14.3. The van der Waals surface area contributed by atoms with E-state index in [9.17, 15) is 14.7 Å². The summed E-state index contributed by atoms with van der Waals surface area (Å²) in [7, 11) is 0. The molecule has 1 amide bonds. The molecule has 33 heavy (non-hydrogen) atoms. The molecule has 1 aromatic carbocycles. The second-order valence-electron chi connectivity index (χ2n) is 8.26. The summed E-state index contributed by atoms with van der Waals surface area (Å²) in [6.45, 7) is 2.89. The van der Waals surface area contributed by atoms with Crippen LogP contribution >= 0.6 is 0 Å². The van der Waals surface area contributed by atoms with Crippen molar-refractivity contribution in [2.75, 3.05) is 24.5 Å². The summed E-state index contributed by atoms with van der Waals surface area (Å²) in [5, 5.41) is 21.1. The van der Waals surface area contributed by atoms with Crippen LogP contribution in [-0.4, -0.2) is 56.7 Å². The van der Waals surface area contributed by atoms with Gasteiger partial charge >= 0.3 is 5.97 Å². The van der Waals surface area contributed by atoms with E-state index >= 15 is 0 Å². The van der Waals surface area contributed by atoms with Gasteiger partial charge in [-0.2, -0.15) is 0 Å². The Morgan fingerprint density at radius 3 is 2.52 bits per heavy atom. The lowest BCUT2D eigenvalue weighted by atomic mass is 9.92. The molecule has 0 aliphatic carbocycles. The molecule has 1 aliphatic rings. The van der Waals surface area contributed by atoms with Gasteiger partial charge in [0.1, 0.15) is 12.4 Å². The Morgan fingerprint density at radius 1 is 1.15 bits per heavy atom. The number of amides is 1. The van der Waals surface area contributed by atoms with Crippen LogP contribution < -0.4 is 10.2 Å². The molecule has 9 nitrogen and oxygen atoms in total. The molecule has 1 aliphatic heterocycles. The third-order valence-corrected chi connectivity index (χ3v) is 5.95. The highest BCUT2D eigenvalue weighted by atomic mass is 16.4. The van der Waals surface area contributed by atoms with Gasteiger partial charge in [0.05, 0.1) is 5.69 Å². The quantitative estimate of drug-likeness (QED) is 0.436. The number of carbonyl (C=O) groups is 2. The van der Waals surface area contributed by atoms with Gasteiger partial charge < -0.3 is 25.4 Å². The van der Waals surface area contributed by atoms with Gasteiger partial charge in [-0.3, -0.25) is 9.59 Å². The topological polar surface area (TPSA) is 131 Å². The fraction of sp³-hybridized carbons (Fsp3) is 0.333. The summed E-state index contributed by atoms with van der Waals surface area (Å²) in [6.07, 6.45) is 4.43. The molecule has 0 spiro atoms. The number of rotatable bonds is 7. The Balaban J connectivity index is 1.37. The zero-order chi connectivity index (χ0) is 23.4. The van der Waals surface area contributed by atoms with Gasteiger partial charge in [-0.1, -0.05) is 12.1 Å². The van der Waals surface area contributed by atoms with Crippen molar-refractivity contribution in [2.45, 2.75) is 26.2 Å². The first-order chi connectivity index (χ1) is 15.9. The minimum absolute atomic E-state index is 0.182. The van der Waals surface area contributed by atoms with E-state index in [1.165, 1.54) is 5.69 Å². The third-order valence-electron chi connectivity index (χ3n) is 5.95. The zero-order valence-electron chi connectivity index (χ0n) is 18.4. The van der Waals surface area contributed by atoms with Crippen LogP contribution in [0.15, 0.2) is 42.6 Å². The molecule has 1 fully saturated rings. The summed E-state index contributed by atoms with van der Waals surface area (Å²) in [6, 6.07) is 12.6. The Morgan fingerprint density at radius 2 is 1.88 bits per heavy atom. The number of carboxylic acids is 1. The van der Waals surface area contributed by atoms with Crippen LogP contribution in [-0.2, 0) is 11.2 Å². The van der Waals surface area contributed by atoms with Gasteiger partial charge in [0.2, 0.25) is 0 Å². The fourth-order valence-electron chi connectivity index (χ4n) is 4.13. The molecule has 3 heterocycles. The molecule has 1 saturated heterocycles. The second kappa shape index (κ2) is 9.72. The Bertz CT molecular complexity index is 1120. The lowest BCUT2D eigenvalue weighted by Gasteiger charge is -2.33. The number of aliphatic carboxylic acids is 1. The number of nitrogens with zero attached hydrogens (tertiary/aromatic N) is 3. The third kappa shape index (κ3) is 5.31. The van der Waals surface area contributed by atoms with Crippen molar-refractivity contribution >= 4 is 17.6 Å². The van der Waals surface area contributed by atoms with Crippen molar-refractivity contribution < 1.29 is 19.8 Å².